The number of para-hydroxylation sites is 1. The Morgan fingerprint density at radius 2 is 2.14 bits per heavy atom. The second-order valence-corrected chi connectivity index (χ2v) is 6.42. The first-order valence-electron chi connectivity index (χ1n) is 7.18. The SMILES string of the molecule is Cc1ccsc1C[NH+](C)[C@@H](C)C(=O)Nc1ccccc1C#N. The van der Waals surface area contributed by atoms with Crippen molar-refractivity contribution in [2.45, 2.75) is 26.4 Å². The molecule has 4 nitrogen and oxygen atoms in total. The van der Waals surface area contributed by atoms with E-state index in [1.165, 1.54) is 10.4 Å². The molecule has 0 aliphatic rings. The Hall–Kier alpha value is -2.16. The lowest BCUT2D eigenvalue weighted by Gasteiger charge is -2.21. The lowest BCUT2D eigenvalue weighted by molar-refractivity contribution is -0.907. The van der Waals surface area contributed by atoms with E-state index in [-0.39, 0.29) is 11.9 Å². The van der Waals surface area contributed by atoms with Crippen LogP contribution < -0.4 is 10.2 Å². The maximum Gasteiger partial charge on any atom is 0.282 e. The molecule has 114 valence electrons. The van der Waals surface area contributed by atoms with Crippen LogP contribution in [0.3, 0.4) is 0 Å². The lowest BCUT2D eigenvalue weighted by atomic mass is 10.2. The van der Waals surface area contributed by atoms with Crippen LogP contribution in [0.5, 0.6) is 0 Å². The molecular weight excluding hydrogens is 294 g/mol. The summed E-state index contributed by atoms with van der Waals surface area (Å²) in [6, 6.07) is 11.0. The van der Waals surface area contributed by atoms with Crippen LogP contribution in [0, 0.1) is 18.3 Å². The third-order valence-corrected chi connectivity index (χ3v) is 4.87. The smallest absolute Gasteiger partial charge is 0.282 e. The number of anilines is 1. The third-order valence-electron chi connectivity index (χ3n) is 3.85. The van der Waals surface area contributed by atoms with Crippen LogP contribution in [0.4, 0.5) is 5.69 Å². The first-order chi connectivity index (χ1) is 10.5. The molecule has 0 aliphatic heterocycles. The van der Waals surface area contributed by atoms with Crippen LogP contribution in [0.15, 0.2) is 35.7 Å². The highest BCUT2D eigenvalue weighted by Crippen LogP contribution is 2.15. The van der Waals surface area contributed by atoms with Gasteiger partial charge >= 0.3 is 0 Å². The van der Waals surface area contributed by atoms with E-state index in [2.05, 4.69) is 29.8 Å². The van der Waals surface area contributed by atoms with Crippen molar-refractivity contribution >= 4 is 22.9 Å². The van der Waals surface area contributed by atoms with Crippen molar-refractivity contribution in [1.82, 2.24) is 0 Å². The number of nitriles is 1. The zero-order chi connectivity index (χ0) is 16.1. The summed E-state index contributed by atoms with van der Waals surface area (Å²) in [5, 5.41) is 14.0. The normalized spacial score (nSPS) is 13.2. The molecule has 1 unspecified atom stereocenters. The number of rotatable bonds is 5. The van der Waals surface area contributed by atoms with E-state index in [0.29, 0.717) is 11.3 Å². The van der Waals surface area contributed by atoms with E-state index >= 15 is 0 Å². The highest BCUT2D eigenvalue weighted by Gasteiger charge is 2.23. The maximum absolute atomic E-state index is 12.4. The first kappa shape index (κ1) is 16.2. The van der Waals surface area contributed by atoms with E-state index in [0.717, 1.165) is 11.4 Å². The summed E-state index contributed by atoms with van der Waals surface area (Å²) in [7, 11) is 2.01. The van der Waals surface area contributed by atoms with Gasteiger partial charge in [0.05, 0.1) is 23.2 Å². The van der Waals surface area contributed by atoms with Gasteiger partial charge in [-0.15, -0.1) is 11.3 Å². The van der Waals surface area contributed by atoms with Crippen LogP contribution in [0.25, 0.3) is 0 Å². The summed E-state index contributed by atoms with van der Waals surface area (Å²) in [4.78, 5) is 14.8. The van der Waals surface area contributed by atoms with Gasteiger partial charge in [0.25, 0.3) is 5.91 Å². The monoisotopic (exact) mass is 314 g/mol. The fraction of sp³-hybridized carbons (Fsp3) is 0.294. The molecule has 1 amide bonds. The third kappa shape index (κ3) is 3.73. The molecule has 2 N–H and O–H groups in total. The number of carbonyl (C=O) groups is 1. The Labute approximate surface area is 135 Å². The van der Waals surface area contributed by atoms with Crippen molar-refractivity contribution in [2.24, 2.45) is 0 Å². The number of nitrogens with zero attached hydrogens (tertiary/aromatic N) is 1. The highest BCUT2D eigenvalue weighted by atomic mass is 32.1. The van der Waals surface area contributed by atoms with Crippen molar-refractivity contribution in [1.29, 1.82) is 5.26 Å². The minimum Gasteiger partial charge on any atom is -0.323 e. The van der Waals surface area contributed by atoms with Gasteiger partial charge in [0.2, 0.25) is 0 Å². The van der Waals surface area contributed by atoms with Crippen LogP contribution in [0.2, 0.25) is 0 Å². The molecule has 0 fully saturated rings. The van der Waals surface area contributed by atoms with Gasteiger partial charge in [0.15, 0.2) is 6.04 Å². The van der Waals surface area contributed by atoms with Crippen molar-refractivity contribution in [3.8, 4) is 6.07 Å². The van der Waals surface area contributed by atoms with E-state index in [1.807, 2.05) is 20.0 Å². The lowest BCUT2D eigenvalue weighted by Crippen LogP contribution is -3.12. The Balaban J connectivity index is 2.03. The predicted octanol–water partition coefficient (Wildman–Crippen LogP) is 1.97. The van der Waals surface area contributed by atoms with Gasteiger partial charge in [0, 0.05) is 0 Å². The van der Waals surface area contributed by atoms with Crippen molar-refractivity contribution in [3.63, 3.8) is 0 Å². The molecule has 1 heterocycles. The number of amides is 1. The largest absolute Gasteiger partial charge is 0.323 e. The Morgan fingerprint density at radius 3 is 2.77 bits per heavy atom. The number of carbonyl (C=O) groups excluding carboxylic acids is 1. The standard InChI is InChI=1S/C17H19N3OS/c1-12-8-9-22-16(12)11-20(3)13(2)17(21)19-15-7-5-4-6-14(15)10-18/h4-9,13H,11H2,1-3H3,(H,19,21)/p+1/t13-/m0/s1. The number of aryl methyl sites for hydroxylation is 1. The number of quaternary nitrogens is 1. The van der Waals surface area contributed by atoms with E-state index in [9.17, 15) is 4.79 Å². The van der Waals surface area contributed by atoms with Crippen molar-refractivity contribution in [2.75, 3.05) is 12.4 Å². The van der Waals surface area contributed by atoms with Crippen LogP contribution >= 0.6 is 11.3 Å². The molecule has 0 spiro atoms. The molecule has 22 heavy (non-hydrogen) atoms. The van der Waals surface area contributed by atoms with Crippen molar-refractivity contribution in [3.05, 3.63) is 51.7 Å². The van der Waals surface area contributed by atoms with Crippen LogP contribution in [0.1, 0.15) is 22.9 Å². The van der Waals surface area contributed by atoms with Gasteiger partial charge in [-0.2, -0.15) is 5.26 Å². The Bertz CT molecular complexity index is 702. The van der Waals surface area contributed by atoms with Gasteiger partial charge in [-0.25, -0.2) is 0 Å². The molecule has 0 saturated carbocycles. The van der Waals surface area contributed by atoms with Gasteiger partial charge in [-0.05, 0) is 43.0 Å². The first-order valence-corrected chi connectivity index (χ1v) is 8.06. The molecule has 2 atom stereocenters. The van der Waals surface area contributed by atoms with E-state index in [4.69, 9.17) is 5.26 Å². The average molecular weight is 314 g/mol. The number of benzene rings is 1. The summed E-state index contributed by atoms with van der Waals surface area (Å²) in [5.74, 6) is -0.0746. The molecule has 0 aliphatic carbocycles. The number of hydrogen-bond acceptors (Lipinski definition) is 3. The number of hydrogen-bond donors (Lipinski definition) is 2. The molecule has 1 aromatic heterocycles. The Morgan fingerprint density at radius 1 is 1.41 bits per heavy atom. The van der Waals surface area contributed by atoms with E-state index < -0.39 is 0 Å². The topological polar surface area (TPSA) is 57.3 Å². The fourth-order valence-electron chi connectivity index (χ4n) is 2.15. The average Bonchev–Trinajstić information content (AvgIpc) is 2.92. The highest BCUT2D eigenvalue weighted by molar-refractivity contribution is 7.10. The second-order valence-electron chi connectivity index (χ2n) is 5.42. The number of likely N-dealkylation sites (N-methyl/N-ethyl adjacent to an activating group) is 1. The molecule has 2 rings (SSSR count). The van der Waals surface area contributed by atoms with E-state index in [1.54, 1.807) is 29.5 Å². The van der Waals surface area contributed by atoms with Gasteiger partial charge in [0.1, 0.15) is 12.6 Å². The van der Waals surface area contributed by atoms with Crippen LogP contribution in [-0.4, -0.2) is 19.0 Å². The molecule has 2 aromatic rings. The van der Waals surface area contributed by atoms with Crippen molar-refractivity contribution < 1.29 is 9.69 Å². The minimum atomic E-state index is -0.201. The van der Waals surface area contributed by atoms with Gasteiger partial charge in [-0.1, -0.05) is 12.1 Å². The summed E-state index contributed by atoms with van der Waals surface area (Å²) in [6.45, 7) is 4.81. The molecule has 0 bridgehead atoms. The second kappa shape index (κ2) is 7.21. The quantitative estimate of drug-likeness (QED) is 0.886. The fourth-order valence-corrected chi connectivity index (χ4v) is 3.15. The van der Waals surface area contributed by atoms with Gasteiger partial charge < -0.3 is 10.2 Å². The molecule has 0 radical (unpaired) electrons. The number of nitrogens with one attached hydrogen (secondary N) is 2. The Kier molecular flexibility index (Phi) is 5.31. The molecule has 1 aromatic carbocycles. The molecular formula is C17H20N3OS+. The van der Waals surface area contributed by atoms with Crippen LogP contribution in [-0.2, 0) is 11.3 Å². The predicted molar refractivity (Wildman–Crippen MR) is 88.9 cm³/mol. The summed E-state index contributed by atoms with van der Waals surface area (Å²) in [6.07, 6.45) is 0. The maximum atomic E-state index is 12.4. The summed E-state index contributed by atoms with van der Waals surface area (Å²) < 4.78 is 0. The molecule has 0 saturated heterocycles. The summed E-state index contributed by atoms with van der Waals surface area (Å²) >= 11 is 1.72. The zero-order valence-electron chi connectivity index (χ0n) is 13.0. The number of thiophene rings is 1. The zero-order valence-corrected chi connectivity index (χ0v) is 13.8. The minimum absolute atomic E-state index is 0.0746. The van der Waals surface area contributed by atoms with Gasteiger partial charge in [-0.3, -0.25) is 4.79 Å². The molecule has 5 heteroatoms. The summed E-state index contributed by atoms with van der Waals surface area (Å²) in [5.41, 5.74) is 2.32.